The third-order valence-electron chi connectivity index (χ3n) is 3.21. The molecule has 1 heterocycles. The Morgan fingerprint density at radius 1 is 1.33 bits per heavy atom. The van der Waals surface area contributed by atoms with Crippen LogP contribution < -0.4 is 15.8 Å². The molecular formula is C16H20N2O2S. The minimum Gasteiger partial charge on any atom is -0.497 e. The zero-order chi connectivity index (χ0) is 15.2. The van der Waals surface area contributed by atoms with E-state index < -0.39 is 0 Å². The van der Waals surface area contributed by atoms with Crippen LogP contribution in [0.3, 0.4) is 0 Å². The number of methoxy groups -OCH3 is 1. The normalized spacial score (nSPS) is 10.4. The number of carbonyl (C=O) groups is 1. The van der Waals surface area contributed by atoms with E-state index in [4.69, 9.17) is 10.5 Å². The summed E-state index contributed by atoms with van der Waals surface area (Å²) in [4.78, 5) is 12.4. The summed E-state index contributed by atoms with van der Waals surface area (Å²) in [6, 6.07) is 9.85. The molecule has 1 aromatic carbocycles. The number of anilines is 2. The van der Waals surface area contributed by atoms with E-state index in [-0.39, 0.29) is 5.78 Å². The summed E-state index contributed by atoms with van der Waals surface area (Å²) in [5.41, 5.74) is 7.67. The highest BCUT2D eigenvalue weighted by Crippen LogP contribution is 2.30. The summed E-state index contributed by atoms with van der Waals surface area (Å²) < 4.78 is 5.13. The maximum atomic E-state index is 11.7. The van der Waals surface area contributed by atoms with Gasteiger partial charge in [0, 0.05) is 13.0 Å². The molecule has 0 amide bonds. The topological polar surface area (TPSA) is 64.3 Å². The third kappa shape index (κ3) is 3.98. The number of carbonyl (C=O) groups excluding carboxylic acids is 1. The van der Waals surface area contributed by atoms with Crippen LogP contribution in [0.25, 0.3) is 0 Å². The molecule has 0 atom stereocenters. The summed E-state index contributed by atoms with van der Waals surface area (Å²) >= 11 is 1.43. The van der Waals surface area contributed by atoms with Gasteiger partial charge in [0.15, 0.2) is 5.78 Å². The second kappa shape index (κ2) is 7.13. The molecule has 0 aliphatic carbocycles. The molecular weight excluding hydrogens is 284 g/mol. The second-order valence-corrected chi connectivity index (χ2v) is 5.75. The van der Waals surface area contributed by atoms with Crippen molar-refractivity contribution < 1.29 is 9.53 Å². The highest BCUT2D eigenvalue weighted by molar-refractivity contribution is 7.18. The summed E-state index contributed by atoms with van der Waals surface area (Å²) in [7, 11) is 1.66. The van der Waals surface area contributed by atoms with Crippen LogP contribution >= 0.6 is 11.3 Å². The highest BCUT2D eigenvalue weighted by atomic mass is 32.1. The number of benzene rings is 1. The van der Waals surface area contributed by atoms with Crippen molar-refractivity contribution in [2.75, 3.05) is 24.7 Å². The first kappa shape index (κ1) is 15.4. The fraction of sp³-hybridized carbons (Fsp3) is 0.312. The third-order valence-corrected chi connectivity index (χ3v) is 4.36. The summed E-state index contributed by atoms with van der Waals surface area (Å²) in [6.45, 7) is 2.64. The Kier molecular flexibility index (Phi) is 5.22. The fourth-order valence-corrected chi connectivity index (χ4v) is 3.01. The second-order valence-electron chi connectivity index (χ2n) is 4.70. The molecule has 4 nitrogen and oxygen atoms in total. The van der Waals surface area contributed by atoms with E-state index in [2.05, 4.69) is 17.4 Å². The first-order chi connectivity index (χ1) is 10.1. The van der Waals surface area contributed by atoms with Crippen molar-refractivity contribution in [2.24, 2.45) is 0 Å². The van der Waals surface area contributed by atoms with Crippen molar-refractivity contribution in [1.29, 1.82) is 0 Å². The van der Waals surface area contributed by atoms with E-state index in [9.17, 15) is 4.79 Å². The average molecular weight is 304 g/mol. The average Bonchev–Trinajstić information content (AvgIpc) is 2.88. The highest BCUT2D eigenvalue weighted by Gasteiger charge is 2.12. The number of nitrogen functional groups attached to an aromatic ring is 1. The molecule has 1 aromatic heterocycles. The molecule has 2 aromatic rings. The molecule has 0 aliphatic rings. The van der Waals surface area contributed by atoms with Crippen LogP contribution in [0.15, 0.2) is 30.3 Å². The maximum absolute atomic E-state index is 11.7. The van der Waals surface area contributed by atoms with Gasteiger partial charge < -0.3 is 15.8 Å². The van der Waals surface area contributed by atoms with E-state index in [1.807, 2.05) is 25.1 Å². The lowest BCUT2D eigenvalue weighted by Crippen LogP contribution is -2.03. The number of hydrogen-bond donors (Lipinski definition) is 2. The van der Waals surface area contributed by atoms with E-state index in [0.29, 0.717) is 17.0 Å². The Balaban J connectivity index is 1.89. The van der Waals surface area contributed by atoms with Crippen LogP contribution in [0.5, 0.6) is 5.75 Å². The largest absolute Gasteiger partial charge is 0.497 e. The fourth-order valence-electron chi connectivity index (χ4n) is 1.99. The minimum atomic E-state index is 0.0979. The lowest BCUT2D eigenvalue weighted by molar-refractivity contribution is 0.0993. The molecule has 21 heavy (non-hydrogen) atoms. The van der Waals surface area contributed by atoms with E-state index in [1.165, 1.54) is 16.9 Å². The van der Waals surface area contributed by atoms with Crippen LogP contribution in [0, 0.1) is 0 Å². The SMILES string of the molecule is CCC(=O)c1sc(NCCc2ccc(OC)cc2)cc1N. The molecule has 0 saturated heterocycles. The summed E-state index contributed by atoms with van der Waals surface area (Å²) in [5.74, 6) is 0.959. The molecule has 2 rings (SSSR count). The molecule has 0 unspecified atom stereocenters. The number of nitrogens with one attached hydrogen (secondary N) is 1. The Hall–Kier alpha value is -2.01. The Labute approximate surface area is 128 Å². The van der Waals surface area contributed by atoms with Gasteiger partial charge in [-0.15, -0.1) is 11.3 Å². The number of nitrogens with two attached hydrogens (primary N) is 1. The smallest absolute Gasteiger partial charge is 0.174 e. The number of Topliss-reactive ketones (excluding diaryl/α,β-unsaturated/α-hetero) is 1. The Morgan fingerprint density at radius 3 is 2.67 bits per heavy atom. The Bertz CT molecular complexity index is 605. The van der Waals surface area contributed by atoms with Crippen molar-refractivity contribution in [1.82, 2.24) is 0 Å². The molecule has 0 radical (unpaired) electrons. The van der Waals surface area contributed by atoms with Gasteiger partial charge in [-0.25, -0.2) is 0 Å². The van der Waals surface area contributed by atoms with Crippen LogP contribution in [-0.2, 0) is 6.42 Å². The van der Waals surface area contributed by atoms with Crippen LogP contribution in [0.2, 0.25) is 0 Å². The molecule has 112 valence electrons. The van der Waals surface area contributed by atoms with E-state index >= 15 is 0 Å². The summed E-state index contributed by atoms with van der Waals surface area (Å²) in [5, 5.41) is 4.26. The molecule has 3 N–H and O–H groups in total. The van der Waals surface area contributed by atoms with Gasteiger partial charge in [-0.1, -0.05) is 19.1 Å². The first-order valence-electron chi connectivity index (χ1n) is 6.93. The minimum absolute atomic E-state index is 0.0979. The standard InChI is InChI=1S/C16H20N2O2S/c1-3-14(19)16-13(17)10-15(21-16)18-9-8-11-4-6-12(20-2)7-5-11/h4-7,10,18H,3,8-9,17H2,1-2H3. The molecule has 0 spiro atoms. The molecule has 0 saturated carbocycles. The number of thiophene rings is 1. The van der Waals surface area contributed by atoms with Gasteiger partial charge in [-0.2, -0.15) is 0 Å². The van der Waals surface area contributed by atoms with Crippen molar-refractivity contribution in [3.63, 3.8) is 0 Å². The quantitative estimate of drug-likeness (QED) is 0.767. The number of ketones is 1. The predicted octanol–water partition coefficient (Wildman–Crippen LogP) is 3.59. The zero-order valence-corrected chi connectivity index (χ0v) is 13.1. The number of ether oxygens (including phenoxy) is 1. The van der Waals surface area contributed by atoms with Crippen LogP contribution in [0.1, 0.15) is 28.6 Å². The van der Waals surface area contributed by atoms with E-state index in [0.717, 1.165) is 23.7 Å². The Morgan fingerprint density at radius 2 is 2.05 bits per heavy atom. The van der Waals surface area contributed by atoms with Gasteiger partial charge in [0.2, 0.25) is 0 Å². The van der Waals surface area contributed by atoms with Crippen molar-refractivity contribution >= 4 is 27.8 Å². The van der Waals surface area contributed by atoms with Gasteiger partial charge in [-0.3, -0.25) is 4.79 Å². The maximum Gasteiger partial charge on any atom is 0.174 e. The van der Waals surface area contributed by atoms with Gasteiger partial charge >= 0.3 is 0 Å². The van der Waals surface area contributed by atoms with Crippen LogP contribution in [-0.4, -0.2) is 19.4 Å². The van der Waals surface area contributed by atoms with Crippen molar-refractivity contribution in [3.05, 3.63) is 40.8 Å². The zero-order valence-electron chi connectivity index (χ0n) is 12.3. The first-order valence-corrected chi connectivity index (χ1v) is 7.75. The van der Waals surface area contributed by atoms with Gasteiger partial charge in [0.05, 0.1) is 22.7 Å². The molecule has 0 aliphatic heterocycles. The van der Waals surface area contributed by atoms with Gasteiger partial charge in [0.1, 0.15) is 5.75 Å². The van der Waals surface area contributed by atoms with Crippen molar-refractivity contribution in [2.45, 2.75) is 19.8 Å². The monoisotopic (exact) mass is 304 g/mol. The molecule has 5 heteroatoms. The van der Waals surface area contributed by atoms with Gasteiger partial charge in [0.25, 0.3) is 0 Å². The molecule has 0 fully saturated rings. The molecule has 0 bridgehead atoms. The van der Waals surface area contributed by atoms with Crippen LogP contribution in [0.4, 0.5) is 10.7 Å². The van der Waals surface area contributed by atoms with Crippen molar-refractivity contribution in [3.8, 4) is 5.75 Å². The predicted molar refractivity (Wildman–Crippen MR) is 88.5 cm³/mol. The number of rotatable bonds is 7. The van der Waals surface area contributed by atoms with Gasteiger partial charge in [-0.05, 0) is 30.2 Å². The summed E-state index contributed by atoms with van der Waals surface area (Å²) in [6.07, 6.45) is 1.38. The van der Waals surface area contributed by atoms with E-state index in [1.54, 1.807) is 7.11 Å². The lowest BCUT2D eigenvalue weighted by atomic mass is 10.1. The lowest BCUT2D eigenvalue weighted by Gasteiger charge is -2.05. The number of hydrogen-bond acceptors (Lipinski definition) is 5.